The monoisotopic (exact) mass is 385 g/mol. The molecule has 1 N–H and O–H groups in total. The molecule has 5 heteroatoms. The van der Waals surface area contributed by atoms with Crippen molar-refractivity contribution in [2.24, 2.45) is 5.92 Å². The molecule has 1 aromatic rings. The topological polar surface area (TPSA) is 39.6 Å². The van der Waals surface area contributed by atoms with Crippen LogP contribution in [0, 0.1) is 5.92 Å². The molecular formula is C22H28ClN3O. The summed E-state index contributed by atoms with van der Waals surface area (Å²) in [5, 5.41) is 10.0. The second-order valence-electron chi connectivity index (χ2n) is 7.70. The summed E-state index contributed by atoms with van der Waals surface area (Å²) in [6.07, 6.45) is 19.3. The number of rotatable bonds is 4. The summed E-state index contributed by atoms with van der Waals surface area (Å²) in [6.45, 7) is 3.21. The summed E-state index contributed by atoms with van der Waals surface area (Å²) in [7, 11) is 0. The maximum absolute atomic E-state index is 9.17. The third-order valence-corrected chi connectivity index (χ3v) is 6.40. The van der Waals surface area contributed by atoms with Crippen LogP contribution in [0.1, 0.15) is 37.2 Å². The predicted octanol–water partition coefficient (Wildman–Crippen LogP) is 4.04. The first-order valence-corrected chi connectivity index (χ1v) is 10.4. The Kier molecular flexibility index (Phi) is 5.96. The van der Waals surface area contributed by atoms with E-state index in [9.17, 15) is 0 Å². The van der Waals surface area contributed by atoms with E-state index in [1.54, 1.807) is 0 Å². The molecule has 2 aliphatic heterocycles. The van der Waals surface area contributed by atoms with Crippen LogP contribution in [0.4, 0.5) is 5.69 Å². The van der Waals surface area contributed by atoms with Crippen LogP contribution < -0.4 is 4.90 Å². The first-order chi connectivity index (χ1) is 13.3. The number of fused-ring (bicyclic) bond motifs is 1. The highest BCUT2D eigenvalue weighted by atomic mass is 35.5. The van der Waals surface area contributed by atoms with Crippen molar-refractivity contribution >= 4 is 17.3 Å². The lowest BCUT2D eigenvalue weighted by molar-refractivity contribution is 0.143. The van der Waals surface area contributed by atoms with Crippen LogP contribution in [-0.2, 0) is 0 Å². The summed E-state index contributed by atoms with van der Waals surface area (Å²) in [5.74, 6) is 1.10. The standard InChI is InChI=1S/C22H28ClN3O/c23-18-2-1-3-19(5-4-18)26-13-9-20(21-6-10-24-16-22(21)26)17-7-11-25(12-8-17)14-15-27/h2,4-6,9-10,13,16-17,19-20,27H,1,3,7-8,11-12,14-15H2. The number of piperidine rings is 1. The van der Waals surface area contributed by atoms with Crippen LogP contribution in [0.3, 0.4) is 0 Å². The molecule has 144 valence electrons. The van der Waals surface area contributed by atoms with E-state index in [1.807, 2.05) is 18.5 Å². The molecule has 4 nitrogen and oxygen atoms in total. The van der Waals surface area contributed by atoms with Gasteiger partial charge in [0, 0.05) is 29.9 Å². The van der Waals surface area contributed by atoms with Crippen molar-refractivity contribution in [3.05, 3.63) is 59.6 Å². The zero-order valence-corrected chi connectivity index (χ0v) is 16.4. The Morgan fingerprint density at radius 1 is 1.19 bits per heavy atom. The number of likely N-dealkylation sites (tertiary alicyclic amines) is 1. The van der Waals surface area contributed by atoms with E-state index in [0.717, 1.165) is 37.5 Å². The van der Waals surface area contributed by atoms with Gasteiger partial charge >= 0.3 is 0 Å². The fourth-order valence-corrected chi connectivity index (χ4v) is 4.81. The summed E-state index contributed by atoms with van der Waals surface area (Å²) >= 11 is 6.19. The van der Waals surface area contributed by atoms with Crippen LogP contribution in [0.15, 0.2) is 54.0 Å². The van der Waals surface area contributed by atoms with E-state index in [-0.39, 0.29) is 6.61 Å². The number of aliphatic hydroxyl groups is 1. The Hall–Kier alpha value is -1.62. The summed E-state index contributed by atoms with van der Waals surface area (Å²) in [6, 6.07) is 2.51. The van der Waals surface area contributed by atoms with Crippen molar-refractivity contribution in [2.45, 2.75) is 37.6 Å². The molecule has 0 bridgehead atoms. The highest BCUT2D eigenvalue weighted by Gasteiger charge is 2.32. The summed E-state index contributed by atoms with van der Waals surface area (Å²) < 4.78 is 0. The van der Waals surface area contributed by atoms with Gasteiger partial charge in [0.05, 0.1) is 24.5 Å². The van der Waals surface area contributed by atoms with E-state index >= 15 is 0 Å². The van der Waals surface area contributed by atoms with Crippen LogP contribution in [0.25, 0.3) is 0 Å². The maximum Gasteiger partial charge on any atom is 0.0636 e. The van der Waals surface area contributed by atoms with E-state index in [2.05, 4.69) is 45.3 Å². The first-order valence-electron chi connectivity index (χ1n) is 10.0. The molecule has 4 rings (SSSR count). The molecule has 1 fully saturated rings. The van der Waals surface area contributed by atoms with Gasteiger partial charge in [0.25, 0.3) is 0 Å². The highest BCUT2D eigenvalue weighted by molar-refractivity contribution is 6.31. The molecule has 2 atom stereocenters. The Labute approximate surface area is 166 Å². The van der Waals surface area contributed by atoms with Crippen LogP contribution in [0.5, 0.6) is 0 Å². The number of nitrogens with zero attached hydrogens (tertiary/aromatic N) is 3. The lowest BCUT2D eigenvalue weighted by Crippen LogP contribution is -2.38. The second-order valence-corrected chi connectivity index (χ2v) is 8.14. The lowest BCUT2D eigenvalue weighted by atomic mass is 9.78. The van der Waals surface area contributed by atoms with Crippen LogP contribution >= 0.6 is 11.6 Å². The number of aromatic nitrogens is 1. The number of hydrogen-bond acceptors (Lipinski definition) is 4. The quantitative estimate of drug-likeness (QED) is 0.848. The SMILES string of the molecule is OCCN1CCC(C2C=CN(C3C=CC(Cl)=CCC3)c3cnccc32)CC1. The van der Waals surface area contributed by atoms with Gasteiger partial charge in [0.2, 0.25) is 0 Å². The van der Waals surface area contributed by atoms with Gasteiger partial charge in [-0.2, -0.15) is 0 Å². The van der Waals surface area contributed by atoms with Gasteiger partial charge in [-0.15, -0.1) is 0 Å². The predicted molar refractivity (Wildman–Crippen MR) is 111 cm³/mol. The molecule has 0 amide bonds. The molecule has 1 aromatic heterocycles. The average molecular weight is 386 g/mol. The Morgan fingerprint density at radius 3 is 2.85 bits per heavy atom. The van der Waals surface area contributed by atoms with Gasteiger partial charge < -0.3 is 14.9 Å². The van der Waals surface area contributed by atoms with Gasteiger partial charge in [-0.05, 0) is 62.4 Å². The molecule has 1 saturated heterocycles. The molecular weight excluding hydrogens is 358 g/mol. The molecule has 0 saturated carbocycles. The number of β-amino-alcohol motifs (C(OH)–C–C–N with tert-alkyl or cyclic N) is 1. The normalized spacial score (nSPS) is 26.6. The van der Waals surface area contributed by atoms with Gasteiger partial charge in [-0.3, -0.25) is 4.98 Å². The zero-order chi connectivity index (χ0) is 18.6. The molecule has 27 heavy (non-hydrogen) atoms. The number of allylic oxidation sites excluding steroid dienone is 4. The fraction of sp³-hybridized carbons (Fsp3) is 0.500. The minimum absolute atomic E-state index is 0.255. The molecule has 1 aliphatic carbocycles. The number of halogens is 1. The maximum atomic E-state index is 9.17. The largest absolute Gasteiger partial charge is 0.395 e. The van der Waals surface area contributed by atoms with Gasteiger partial charge in [0.15, 0.2) is 0 Å². The summed E-state index contributed by atoms with van der Waals surface area (Å²) in [5.41, 5.74) is 2.63. The third kappa shape index (κ3) is 4.13. The van der Waals surface area contributed by atoms with Crippen molar-refractivity contribution in [2.75, 3.05) is 31.1 Å². The molecule has 2 unspecified atom stereocenters. The van der Waals surface area contributed by atoms with E-state index in [4.69, 9.17) is 16.7 Å². The molecule has 3 aliphatic rings. The average Bonchev–Trinajstić information content (AvgIpc) is 2.92. The van der Waals surface area contributed by atoms with Gasteiger partial charge in [-0.1, -0.05) is 29.8 Å². The van der Waals surface area contributed by atoms with Gasteiger partial charge in [-0.25, -0.2) is 0 Å². The van der Waals surface area contributed by atoms with Crippen molar-refractivity contribution in [1.82, 2.24) is 9.88 Å². The zero-order valence-electron chi connectivity index (χ0n) is 15.7. The molecule has 0 radical (unpaired) electrons. The number of hydrogen-bond donors (Lipinski definition) is 1. The highest BCUT2D eigenvalue weighted by Crippen LogP contribution is 2.42. The summed E-state index contributed by atoms with van der Waals surface area (Å²) in [4.78, 5) is 9.15. The van der Waals surface area contributed by atoms with Crippen molar-refractivity contribution in [3.63, 3.8) is 0 Å². The Balaban J connectivity index is 1.53. The molecule has 3 heterocycles. The number of pyridine rings is 1. The minimum Gasteiger partial charge on any atom is -0.395 e. The fourth-order valence-electron chi connectivity index (χ4n) is 4.63. The minimum atomic E-state index is 0.255. The smallest absolute Gasteiger partial charge is 0.0636 e. The number of aliphatic hydroxyl groups excluding tert-OH is 1. The Bertz CT molecular complexity index is 737. The van der Waals surface area contributed by atoms with Crippen LogP contribution in [0.2, 0.25) is 0 Å². The van der Waals surface area contributed by atoms with E-state index in [1.165, 1.54) is 24.1 Å². The van der Waals surface area contributed by atoms with Gasteiger partial charge in [0.1, 0.15) is 0 Å². The molecule has 0 aromatic carbocycles. The van der Waals surface area contributed by atoms with Crippen molar-refractivity contribution in [1.29, 1.82) is 0 Å². The van der Waals surface area contributed by atoms with E-state index < -0.39 is 0 Å². The second kappa shape index (κ2) is 8.59. The third-order valence-electron chi connectivity index (χ3n) is 6.12. The number of anilines is 1. The first kappa shape index (κ1) is 18.7. The van der Waals surface area contributed by atoms with Crippen molar-refractivity contribution < 1.29 is 5.11 Å². The molecule has 0 spiro atoms. The van der Waals surface area contributed by atoms with E-state index in [0.29, 0.717) is 17.9 Å². The Morgan fingerprint density at radius 2 is 2.04 bits per heavy atom. The van der Waals surface area contributed by atoms with Crippen LogP contribution in [-0.4, -0.2) is 47.3 Å². The van der Waals surface area contributed by atoms with Crippen molar-refractivity contribution in [3.8, 4) is 0 Å². The lowest BCUT2D eigenvalue weighted by Gasteiger charge is -2.40.